The van der Waals surface area contributed by atoms with Crippen molar-refractivity contribution in [1.82, 2.24) is 9.80 Å². The van der Waals surface area contributed by atoms with Crippen molar-refractivity contribution in [3.8, 4) is 0 Å². The summed E-state index contributed by atoms with van der Waals surface area (Å²) in [7, 11) is 0. The van der Waals surface area contributed by atoms with E-state index in [-0.39, 0.29) is 11.9 Å². The smallest absolute Gasteiger partial charge is 0.321 e. The summed E-state index contributed by atoms with van der Waals surface area (Å²) in [6, 6.07) is 14.7. The fraction of sp³-hybridized carbons (Fsp3) is 0.364. The lowest BCUT2D eigenvalue weighted by Gasteiger charge is -2.36. The molecule has 0 saturated carbocycles. The SMILES string of the molecule is O=C(Nc1ccc(C(=O)N2CCN(c3cccc(Cl)c3)CC2)cc1)N1CCOCC1. The molecule has 0 aliphatic carbocycles. The summed E-state index contributed by atoms with van der Waals surface area (Å²) >= 11 is 6.09. The second-order valence-corrected chi connectivity index (χ2v) is 7.80. The van der Waals surface area contributed by atoms with Crippen molar-refractivity contribution in [1.29, 1.82) is 0 Å². The Kier molecular flexibility index (Phi) is 6.40. The minimum atomic E-state index is -0.144. The average Bonchev–Trinajstić information content (AvgIpc) is 2.80. The van der Waals surface area contributed by atoms with Crippen LogP contribution in [0, 0.1) is 0 Å². The highest BCUT2D eigenvalue weighted by Crippen LogP contribution is 2.21. The average molecular weight is 429 g/mol. The third kappa shape index (κ3) is 4.86. The molecule has 2 aromatic rings. The largest absolute Gasteiger partial charge is 0.378 e. The minimum Gasteiger partial charge on any atom is -0.378 e. The second-order valence-electron chi connectivity index (χ2n) is 7.37. The molecule has 158 valence electrons. The van der Waals surface area contributed by atoms with E-state index >= 15 is 0 Å². The minimum absolute atomic E-state index is 0.00630. The van der Waals surface area contributed by atoms with E-state index in [1.807, 2.05) is 29.2 Å². The molecule has 2 fully saturated rings. The topological polar surface area (TPSA) is 65.1 Å². The van der Waals surface area contributed by atoms with Crippen LogP contribution in [0.2, 0.25) is 5.02 Å². The first kappa shape index (κ1) is 20.5. The molecule has 2 heterocycles. The van der Waals surface area contributed by atoms with E-state index in [1.165, 1.54) is 0 Å². The lowest BCUT2D eigenvalue weighted by atomic mass is 10.1. The van der Waals surface area contributed by atoms with Crippen LogP contribution in [0.25, 0.3) is 0 Å². The molecule has 0 radical (unpaired) electrons. The highest BCUT2D eigenvalue weighted by Gasteiger charge is 2.23. The van der Waals surface area contributed by atoms with Crippen LogP contribution in [-0.4, -0.2) is 74.2 Å². The monoisotopic (exact) mass is 428 g/mol. The molecule has 7 nitrogen and oxygen atoms in total. The summed E-state index contributed by atoms with van der Waals surface area (Å²) in [5, 5.41) is 3.59. The highest BCUT2D eigenvalue weighted by atomic mass is 35.5. The molecule has 0 atom stereocenters. The van der Waals surface area contributed by atoms with Gasteiger partial charge in [-0.25, -0.2) is 4.79 Å². The van der Waals surface area contributed by atoms with Crippen molar-refractivity contribution in [2.45, 2.75) is 0 Å². The predicted molar refractivity (Wildman–Crippen MR) is 117 cm³/mol. The Hall–Kier alpha value is -2.77. The lowest BCUT2D eigenvalue weighted by molar-refractivity contribution is 0.0564. The number of carbonyl (C=O) groups excluding carboxylic acids is 2. The highest BCUT2D eigenvalue weighted by molar-refractivity contribution is 6.30. The maximum absolute atomic E-state index is 12.9. The van der Waals surface area contributed by atoms with Gasteiger partial charge in [-0.3, -0.25) is 4.79 Å². The first-order valence-corrected chi connectivity index (χ1v) is 10.5. The number of anilines is 2. The van der Waals surface area contributed by atoms with Crippen molar-refractivity contribution >= 4 is 34.9 Å². The maximum atomic E-state index is 12.9. The fourth-order valence-corrected chi connectivity index (χ4v) is 3.87. The molecule has 0 spiro atoms. The van der Waals surface area contributed by atoms with Crippen LogP contribution in [0.4, 0.5) is 16.2 Å². The first-order valence-electron chi connectivity index (χ1n) is 10.1. The molecule has 0 aromatic heterocycles. The quantitative estimate of drug-likeness (QED) is 0.815. The van der Waals surface area contributed by atoms with Gasteiger partial charge in [-0.05, 0) is 42.5 Å². The normalized spacial score (nSPS) is 17.0. The molecule has 2 saturated heterocycles. The number of carbonyl (C=O) groups is 2. The Morgan fingerprint density at radius 3 is 2.23 bits per heavy atom. The number of piperazine rings is 1. The van der Waals surface area contributed by atoms with Crippen molar-refractivity contribution in [2.75, 3.05) is 62.7 Å². The van der Waals surface area contributed by atoms with Crippen molar-refractivity contribution in [3.63, 3.8) is 0 Å². The summed E-state index contributed by atoms with van der Waals surface area (Å²) in [5.74, 6) is 0.00630. The predicted octanol–water partition coefficient (Wildman–Crippen LogP) is 3.17. The molecule has 2 aliphatic heterocycles. The number of nitrogens with zero attached hydrogens (tertiary/aromatic N) is 3. The van der Waals surface area contributed by atoms with E-state index in [1.54, 1.807) is 29.2 Å². The fourth-order valence-electron chi connectivity index (χ4n) is 3.69. The number of hydrogen-bond acceptors (Lipinski definition) is 4. The van der Waals surface area contributed by atoms with Gasteiger partial charge in [0.15, 0.2) is 0 Å². The van der Waals surface area contributed by atoms with E-state index in [9.17, 15) is 9.59 Å². The van der Waals surface area contributed by atoms with Gasteiger partial charge in [0, 0.05) is 61.2 Å². The first-order chi connectivity index (χ1) is 14.6. The van der Waals surface area contributed by atoms with Crippen LogP contribution in [0.5, 0.6) is 0 Å². The molecule has 8 heteroatoms. The van der Waals surface area contributed by atoms with Gasteiger partial charge >= 0.3 is 6.03 Å². The third-order valence-corrected chi connectivity index (χ3v) is 5.66. The molecular weight excluding hydrogens is 404 g/mol. The van der Waals surface area contributed by atoms with Crippen LogP contribution in [-0.2, 0) is 4.74 Å². The van der Waals surface area contributed by atoms with Crippen LogP contribution in [0.3, 0.4) is 0 Å². The lowest BCUT2D eigenvalue weighted by Crippen LogP contribution is -2.48. The van der Waals surface area contributed by atoms with Crippen molar-refractivity contribution in [3.05, 3.63) is 59.1 Å². The molecule has 0 unspecified atom stereocenters. The number of nitrogens with one attached hydrogen (secondary N) is 1. The van der Waals surface area contributed by atoms with Crippen LogP contribution in [0.15, 0.2) is 48.5 Å². The number of morpholine rings is 1. The van der Waals surface area contributed by atoms with Crippen molar-refractivity contribution in [2.24, 2.45) is 0 Å². The van der Waals surface area contributed by atoms with Crippen LogP contribution < -0.4 is 10.2 Å². The summed E-state index contributed by atoms with van der Waals surface area (Å²) < 4.78 is 5.26. The number of hydrogen-bond donors (Lipinski definition) is 1. The van der Waals surface area contributed by atoms with E-state index in [0.29, 0.717) is 55.7 Å². The van der Waals surface area contributed by atoms with Crippen LogP contribution >= 0.6 is 11.6 Å². The number of ether oxygens (including phenoxy) is 1. The summed E-state index contributed by atoms with van der Waals surface area (Å²) in [4.78, 5) is 31.0. The summed E-state index contributed by atoms with van der Waals surface area (Å²) in [5.41, 5.74) is 2.37. The summed E-state index contributed by atoms with van der Waals surface area (Å²) in [6.07, 6.45) is 0. The third-order valence-electron chi connectivity index (χ3n) is 5.42. The number of halogens is 1. The van der Waals surface area contributed by atoms with E-state index in [0.717, 1.165) is 18.8 Å². The number of amides is 3. The molecule has 2 aliphatic rings. The zero-order valence-corrected chi connectivity index (χ0v) is 17.5. The van der Waals surface area contributed by atoms with Gasteiger partial charge < -0.3 is 24.8 Å². The van der Waals surface area contributed by atoms with Gasteiger partial charge in [0.1, 0.15) is 0 Å². The molecule has 1 N–H and O–H groups in total. The van der Waals surface area contributed by atoms with Gasteiger partial charge in [0.05, 0.1) is 13.2 Å². The maximum Gasteiger partial charge on any atom is 0.321 e. The van der Waals surface area contributed by atoms with Gasteiger partial charge in [0.2, 0.25) is 0 Å². The zero-order chi connectivity index (χ0) is 20.9. The molecule has 4 rings (SSSR count). The Labute approximate surface area is 181 Å². The van der Waals surface area contributed by atoms with Crippen molar-refractivity contribution < 1.29 is 14.3 Å². The molecular formula is C22H25ClN4O3. The van der Waals surface area contributed by atoms with Crippen LogP contribution in [0.1, 0.15) is 10.4 Å². The van der Waals surface area contributed by atoms with Gasteiger partial charge in [-0.2, -0.15) is 0 Å². The van der Waals surface area contributed by atoms with E-state index in [2.05, 4.69) is 10.2 Å². The number of benzene rings is 2. The Bertz CT molecular complexity index is 892. The molecule has 0 bridgehead atoms. The van der Waals surface area contributed by atoms with Gasteiger partial charge in [-0.1, -0.05) is 17.7 Å². The molecule has 2 aromatic carbocycles. The summed E-state index contributed by atoms with van der Waals surface area (Å²) in [6.45, 7) is 5.13. The second kappa shape index (κ2) is 9.36. The Balaban J connectivity index is 1.31. The molecule has 3 amide bonds. The Morgan fingerprint density at radius 2 is 1.57 bits per heavy atom. The standard InChI is InChI=1S/C22H25ClN4O3/c23-18-2-1-3-20(16-18)25-8-10-26(11-9-25)21(28)17-4-6-19(7-5-17)24-22(29)27-12-14-30-15-13-27/h1-7,16H,8-15H2,(H,24,29). The van der Waals surface area contributed by atoms with Gasteiger partial charge in [-0.15, -0.1) is 0 Å². The van der Waals surface area contributed by atoms with Gasteiger partial charge in [0.25, 0.3) is 5.91 Å². The number of urea groups is 1. The Morgan fingerprint density at radius 1 is 0.867 bits per heavy atom. The van der Waals surface area contributed by atoms with E-state index < -0.39 is 0 Å². The van der Waals surface area contributed by atoms with E-state index in [4.69, 9.17) is 16.3 Å². The molecule has 30 heavy (non-hydrogen) atoms. The number of rotatable bonds is 3. The zero-order valence-electron chi connectivity index (χ0n) is 16.7.